The third kappa shape index (κ3) is 5.75. The average molecular weight is 404 g/mol. The summed E-state index contributed by atoms with van der Waals surface area (Å²) in [6, 6.07) is 7.07. The topological polar surface area (TPSA) is 52.6 Å². The number of aliphatic imine (C=N–C) groups is 1. The van der Waals surface area contributed by atoms with Gasteiger partial charge in [-0.3, -0.25) is 9.89 Å². The van der Waals surface area contributed by atoms with E-state index < -0.39 is 0 Å². The maximum Gasteiger partial charge on any atom is 0.191 e. The van der Waals surface area contributed by atoms with Crippen LogP contribution in [0.1, 0.15) is 34.0 Å². The third-order valence-corrected chi connectivity index (χ3v) is 6.33. The summed E-state index contributed by atoms with van der Waals surface area (Å²) < 4.78 is 13.8. The summed E-state index contributed by atoms with van der Waals surface area (Å²) in [4.78, 5) is 12.4. The van der Waals surface area contributed by atoms with Crippen LogP contribution in [-0.4, -0.2) is 42.5 Å². The number of benzene rings is 1. The number of nitrogens with zero attached hydrogens (tertiary/aromatic N) is 3. The van der Waals surface area contributed by atoms with Gasteiger partial charge in [0.15, 0.2) is 5.96 Å². The highest BCUT2D eigenvalue weighted by atomic mass is 32.1. The second-order valence-electron chi connectivity index (χ2n) is 7.36. The van der Waals surface area contributed by atoms with E-state index in [4.69, 9.17) is 0 Å². The molecule has 0 amide bonds. The minimum atomic E-state index is -0.104. The molecule has 28 heavy (non-hydrogen) atoms. The van der Waals surface area contributed by atoms with Gasteiger partial charge in [-0.05, 0) is 51.8 Å². The molecule has 2 N–H and O–H groups in total. The molecule has 1 saturated heterocycles. The largest absolute Gasteiger partial charge is 0.356 e. The molecule has 0 atom stereocenters. The first-order chi connectivity index (χ1) is 13.5. The zero-order chi connectivity index (χ0) is 19.9. The molecule has 0 spiro atoms. The quantitative estimate of drug-likeness (QED) is 0.573. The van der Waals surface area contributed by atoms with Crippen LogP contribution in [0.5, 0.6) is 0 Å². The lowest BCUT2D eigenvalue weighted by atomic mass is 9.96. The fourth-order valence-corrected chi connectivity index (χ4v) is 4.46. The van der Waals surface area contributed by atoms with E-state index in [0.717, 1.165) is 61.2 Å². The van der Waals surface area contributed by atoms with Crippen LogP contribution < -0.4 is 10.6 Å². The average Bonchev–Trinajstić information content (AvgIpc) is 3.02. The molecule has 3 rings (SSSR count). The van der Waals surface area contributed by atoms with E-state index >= 15 is 0 Å². The lowest BCUT2D eigenvalue weighted by Gasteiger charge is -2.32. The fraction of sp³-hybridized carbons (Fsp3) is 0.524. The smallest absolute Gasteiger partial charge is 0.191 e. The number of rotatable bonds is 6. The third-order valence-electron chi connectivity index (χ3n) is 5.26. The standard InChI is InChI=1S/C21H30FN5S/c1-15-20(28-16(2)26-15)13-25-21(23-3)24-12-17-8-10-27(11-9-17)14-18-6-4-5-7-19(18)22/h4-7,17H,8-14H2,1-3H3,(H2,23,24,25). The summed E-state index contributed by atoms with van der Waals surface area (Å²) in [5.41, 5.74) is 1.88. The number of nitrogens with one attached hydrogen (secondary N) is 2. The van der Waals surface area contributed by atoms with E-state index in [2.05, 4.69) is 25.5 Å². The molecule has 0 radical (unpaired) electrons. The van der Waals surface area contributed by atoms with Gasteiger partial charge in [0.2, 0.25) is 0 Å². The normalized spacial score (nSPS) is 16.4. The Morgan fingerprint density at radius 3 is 2.64 bits per heavy atom. The first-order valence-corrected chi connectivity index (χ1v) is 10.7. The monoisotopic (exact) mass is 403 g/mol. The van der Waals surface area contributed by atoms with Crippen LogP contribution in [0.15, 0.2) is 29.3 Å². The zero-order valence-corrected chi connectivity index (χ0v) is 17.8. The molecular formula is C21H30FN5S. The molecule has 0 unspecified atom stereocenters. The lowest BCUT2D eigenvalue weighted by Crippen LogP contribution is -2.42. The van der Waals surface area contributed by atoms with Gasteiger partial charge in [0.05, 0.1) is 17.2 Å². The number of thiazole rings is 1. The number of piperidine rings is 1. The number of likely N-dealkylation sites (tertiary alicyclic amines) is 1. The molecule has 1 aromatic heterocycles. The van der Waals surface area contributed by atoms with Crippen molar-refractivity contribution in [3.63, 3.8) is 0 Å². The molecular weight excluding hydrogens is 373 g/mol. The number of aryl methyl sites for hydroxylation is 2. The predicted molar refractivity (Wildman–Crippen MR) is 114 cm³/mol. The Kier molecular flexibility index (Phi) is 7.39. The number of guanidine groups is 1. The predicted octanol–water partition coefficient (Wildman–Crippen LogP) is 3.48. The van der Waals surface area contributed by atoms with Crippen molar-refractivity contribution >= 4 is 17.3 Å². The molecule has 1 aromatic carbocycles. The van der Waals surface area contributed by atoms with E-state index in [1.54, 1.807) is 30.5 Å². The fourth-order valence-electron chi connectivity index (χ4n) is 3.58. The van der Waals surface area contributed by atoms with Crippen LogP contribution >= 0.6 is 11.3 Å². The first kappa shape index (κ1) is 20.7. The van der Waals surface area contributed by atoms with Gasteiger partial charge in [-0.15, -0.1) is 11.3 Å². The molecule has 2 aromatic rings. The Morgan fingerprint density at radius 2 is 2.00 bits per heavy atom. The van der Waals surface area contributed by atoms with Crippen molar-refractivity contribution in [2.24, 2.45) is 10.9 Å². The summed E-state index contributed by atoms with van der Waals surface area (Å²) in [5, 5.41) is 7.93. The molecule has 0 saturated carbocycles. The second kappa shape index (κ2) is 9.98. The molecule has 0 bridgehead atoms. The number of hydrogen-bond acceptors (Lipinski definition) is 4. The van der Waals surface area contributed by atoms with Crippen LogP contribution in [0.2, 0.25) is 0 Å². The molecule has 2 heterocycles. The summed E-state index contributed by atoms with van der Waals surface area (Å²) >= 11 is 1.73. The number of hydrogen-bond donors (Lipinski definition) is 2. The van der Waals surface area contributed by atoms with Crippen molar-refractivity contribution in [2.75, 3.05) is 26.7 Å². The highest BCUT2D eigenvalue weighted by Crippen LogP contribution is 2.20. The molecule has 5 nitrogen and oxygen atoms in total. The highest BCUT2D eigenvalue weighted by Gasteiger charge is 2.20. The van der Waals surface area contributed by atoms with Crippen LogP contribution in [0, 0.1) is 25.6 Å². The van der Waals surface area contributed by atoms with Gasteiger partial charge in [-0.1, -0.05) is 18.2 Å². The van der Waals surface area contributed by atoms with Crippen molar-refractivity contribution in [3.05, 3.63) is 51.2 Å². The van der Waals surface area contributed by atoms with E-state index in [1.165, 1.54) is 4.88 Å². The molecule has 1 aliphatic heterocycles. The minimum absolute atomic E-state index is 0.104. The SMILES string of the molecule is CN=C(NCc1sc(C)nc1C)NCC1CCN(Cc2ccccc2F)CC1. The Hall–Kier alpha value is -1.99. The van der Waals surface area contributed by atoms with E-state index in [9.17, 15) is 4.39 Å². The Labute approximate surface area is 171 Å². The van der Waals surface area contributed by atoms with E-state index in [1.807, 2.05) is 26.0 Å². The lowest BCUT2D eigenvalue weighted by molar-refractivity contribution is 0.176. The van der Waals surface area contributed by atoms with E-state index in [0.29, 0.717) is 12.5 Å². The van der Waals surface area contributed by atoms with Crippen LogP contribution in [-0.2, 0) is 13.1 Å². The summed E-state index contributed by atoms with van der Waals surface area (Å²) in [5.74, 6) is 1.34. The van der Waals surface area contributed by atoms with Gasteiger partial charge in [0.1, 0.15) is 5.82 Å². The number of halogens is 1. The van der Waals surface area contributed by atoms with Gasteiger partial charge >= 0.3 is 0 Å². The van der Waals surface area contributed by atoms with Crippen molar-refractivity contribution in [3.8, 4) is 0 Å². The minimum Gasteiger partial charge on any atom is -0.356 e. The molecule has 1 fully saturated rings. The molecule has 0 aliphatic carbocycles. The van der Waals surface area contributed by atoms with Gasteiger partial charge in [0.25, 0.3) is 0 Å². The molecule has 152 valence electrons. The Morgan fingerprint density at radius 1 is 1.25 bits per heavy atom. The molecule has 7 heteroatoms. The van der Waals surface area contributed by atoms with Crippen LogP contribution in [0.4, 0.5) is 4.39 Å². The second-order valence-corrected chi connectivity index (χ2v) is 8.65. The number of aromatic nitrogens is 1. The maximum absolute atomic E-state index is 13.8. The van der Waals surface area contributed by atoms with Crippen molar-refractivity contribution < 1.29 is 4.39 Å². The highest BCUT2D eigenvalue weighted by molar-refractivity contribution is 7.11. The van der Waals surface area contributed by atoms with Gasteiger partial charge in [0, 0.05) is 30.6 Å². The Bertz CT molecular complexity index is 796. The van der Waals surface area contributed by atoms with Gasteiger partial charge < -0.3 is 10.6 Å². The van der Waals surface area contributed by atoms with Crippen molar-refractivity contribution in [1.82, 2.24) is 20.5 Å². The summed E-state index contributed by atoms with van der Waals surface area (Å²) in [6.45, 7) is 8.45. The van der Waals surface area contributed by atoms with Crippen LogP contribution in [0.3, 0.4) is 0 Å². The molecule has 1 aliphatic rings. The van der Waals surface area contributed by atoms with Crippen molar-refractivity contribution in [2.45, 2.75) is 39.8 Å². The summed E-state index contributed by atoms with van der Waals surface area (Å²) in [7, 11) is 1.80. The van der Waals surface area contributed by atoms with E-state index in [-0.39, 0.29) is 5.82 Å². The Balaban J connectivity index is 1.39. The maximum atomic E-state index is 13.8. The van der Waals surface area contributed by atoms with Gasteiger partial charge in [-0.2, -0.15) is 0 Å². The van der Waals surface area contributed by atoms with Crippen LogP contribution in [0.25, 0.3) is 0 Å². The van der Waals surface area contributed by atoms with Crippen molar-refractivity contribution in [1.29, 1.82) is 0 Å². The summed E-state index contributed by atoms with van der Waals surface area (Å²) in [6.07, 6.45) is 2.23. The first-order valence-electron chi connectivity index (χ1n) is 9.88. The zero-order valence-electron chi connectivity index (χ0n) is 17.0. The van der Waals surface area contributed by atoms with Gasteiger partial charge in [-0.25, -0.2) is 9.37 Å².